The van der Waals surface area contributed by atoms with E-state index >= 15 is 0 Å². The third-order valence-electron chi connectivity index (χ3n) is 3.09. The van der Waals surface area contributed by atoms with Crippen molar-refractivity contribution in [2.24, 2.45) is 0 Å². The predicted molar refractivity (Wildman–Crippen MR) is 82.0 cm³/mol. The number of carbonyl (C=O) groups excluding carboxylic acids is 1. The summed E-state index contributed by atoms with van der Waals surface area (Å²) in [5, 5.41) is 0. The van der Waals surface area contributed by atoms with Crippen molar-refractivity contribution in [2.45, 2.75) is 0 Å². The molecule has 0 aliphatic carbocycles. The average molecular weight is 278 g/mol. The molecular formula is C17H14N2O2. The van der Waals surface area contributed by atoms with E-state index < -0.39 is 0 Å². The van der Waals surface area contributed by atoms with Gasteiger partial charge in [0.15, 0.2) is 0 Å². The first-order valence-corrected chi connectivity index (χ1v) is 6.61. The number of aromatic nitrogens is 2. The van der Waals surface area contributed by atoms with Crippen LogP contribution >= 0.6 is 0 Å². The third kappa shape index (κ3) is 2.69. The van der Waals surface area contributed by atoms with Gasteiger partial charge in [0.2, 0.25) is 0 Å². The fourth-order valence-corrected chi connectivity index (χ4v) is 2.10. The Kier molecular flexibility index (Phi) is 3.51. The normalized spacial score (nSPS) is 10.5. The number of H-pyrrole nitrogens is 1. The number of aromatic amines is 1. The molecular weight excluding hydrogens is 264 g/mol. The minimum Gasteiger partial charge on any atom is -0.458 e. The maximum Gasteiger partial charge on any atom is 0.338 e. The Hall–Kier alpha value is -2.88. The lowest BCUT2D eigenvalue weighted by Crippen LogP contribution is -2.04. The van der Waals surface area contributed by atoms with Gasteiger partial charge < -0.3 is 9.72 Å². The lowest BCUT2D eigenvalue weighted by Gasteiger charge is -2.03. The summed E-state index contributed by atoms with van der Waals surface area (Å²) in [4.78, 5) is 19.6. The van der Waals surface area contributed by atoms with E-state index in [4.69, 9.17) is 4.74 Å². The molecule has 0 spiro atoms. The molecule has 1 heterocycles. The van der Waals surface area contributed by atoms with Crippen LogP contribution in [0.5, 0.6) is 0 Å². The first-order valence-electron chi connectivity index (χ1n) is 6.61. The fraction of sp³-hybridized carbons (Fsp3) is 0.0588. The SMILES string of the molecule is C=CCOC(=O)c1cccc(-c2nc3ccccc3[nH]2)c1. The minimum absolute atomic E-state index is 0.202. The summed E-state index contributed by atoms with van der Waals surface area (Å²) in [6.45, 7) is 3.73. The summed E-state index contributed by atoms with van der Waals surface area (Å²) >= 11 is 0. The summed E-state index contributed by atoms with van der Waals surface area (Å²) in [5.74, 6) is 0.363. The molecule has 4 nitrogen and oxygen atoms in total. The number of hydrogen-bond donors (Lipinski definition) is 1. The molecule has 0 amide bonds. The van der Waals surface area contributed by atoms with E-state index in [2.05, 4.69) is 16.5 Å². The topological polar surface area (TPSA) is 55.0 Å². The van der Waals surface area contributed by atoms with Crippen molar-refractivity contribution in [3.05, 3.63) is 66.7 Å². The van der Waals surface area contributed by atoms with Crippen LogP contribution in [-0.2, 0) is 4.74 Å². The summed E-state index contributed by atoms with van der Waals surface area (Å²) in [6, 6.07) is 15.0. The van der Waals surface area contributed by atoms with Gasteiger partial charge in [0.05, 0.1) is 16.6 Å². The smallest absolute Gasteiger partial charge is 0.338 e. The van der Waals surface area contributed by atoms with E-state index in [9.17, 15) is 4.79 Å². The quantitative estimate of drug-likeness (QED) is 0.586. The molecule has 0 bridgehead atoms. The second kappa shape index (κ2) is 5.63. The highest BCUT2D eigenvalue weighted by atomic mass is 16.5. The highest BCUT2D eigenvalue weighted by Gasteiger charge is 2.10. The molecule has 0 saturated heterocycles. The van der Waals surface area contributed by atoms with E-state index in [-0.39, 0.29) is 12.6 Å². The van der Waals surface area contributed by atoms with Gasteiger partial charge in [0.1, 0.15) is 12.4 Å². The van der Waals surface area contributed by atoms with E-state index in [1.165, 1.54) is 0 Å². The molecule has 0 fully saturated rings. The zero-order valence-electron chi connectivity index (χ0n) is 11.4. The van der Waals surface area contributed by atoms with Gasteiger partial charge in [0, 0.05) is 5.56 Å². The predicted octanol–water partition coefficient (Wildman–Crippen LogP) is 3.57. The molecule has 104 valence electrons. The van der Waals surface area contributed by atoms with Crippen LogP contribution in [0.1, 0.15) is 10.4 Å². The maximum atomic E-state index is 11.9. The molecule has 2 aromatic carbocycles. The minimum atomic E-state index is -0.368. The zero-order valence-corrected chi connectivity index (χ0v) is 11.4. The van der Waals surface area contributed by atoms with E-state index in [1.54, 1.807) is 18.2 Å². The summed E-state index contributed by atoms with van der Waals surface area (Å²) in [7, 11) is 0. The van der Waals surface area contributed by atoms with Crippen LogP contribution in [0, 0.1) is 0 Å². The molecule has 0 aliphatic rings. The van der Waals surface area contributed by atoms with Crippen LogP contribution in [0.25, 0.3) is 22.4 Å². The number of imidazole rings is 1. The van der Waals surface area contributed by atoms with Crippen molar-refractivity contribution in [1.29, 1.82) is 0 Å². The Morgan fingerprint density at radius 2 is 2.10 bits per heavy atom. The Labute approximate surface area is 122 Å². The van der Waals surface area contributed by atoms with Gasteiger partial charge >= 0.3 is 5.97 Å². The molecule has 4 heteroatoms. The second-order valence-corrected chi connectivity index (χ2v) is 4.57. The second-order valence-electron chi connectivity index (χ2n) is 4.57. The molecule has 1 N–H and O–H groups in total. The third-order valence-corrected chi connectivity index (χ3v) is 3.09. The lowest BCUT2D eigenvalue weighted by atomic mass is 10.1. The van der Waals surface area contributed by atoms with Gasteiger partial charge in [-0.2, -0.15) is 0 Å². The number of esters is 1. The molecule has 1 aromatic heterocycles. The van der Waals surface area contributed by atoms with Gasteiger partial charge in [-0.25, -0.2) is 9.78 Å². The Balaban J connectivity index is 1.95. The van der Waals surface area contributed by atoms with Crippen LogP contribution in [0.2, 0.25) is 0 Å². The number of nitrogens with zero attached hydrogens (tertiary/aromatic N) is 1. The maximum absolute atomic E-state index is 11.9. The van der Waals surface area contributed by atoms with Crippen molar-refractivity contribution >= 4 is 17.0 Å². The number of fused-ring (bicyclic) bond motifs is 1. The molecule has 0 saturated carbocycles. The molecule has 3 rings (SSSR count). The summed E-state index contributed by atoms with van der Waals surface area (Å²) < 4.78 is 5.04. The standard InChI is InChI=1S/C17H14N2O2/c1-2-10-21-17(20)13-7-5-6-12(11-13)16-18-14-8-3-4-9-15(14)19-16/h2-9,11H,1,10H2,(H,18,19). The molecule has 0 atom stereocenters. The van der Waals surface area contributed by atoms with Crippen molar-refractivity contribution in [2.75, 3.05) is 6.61 Å². The Bertz CT molecular complexity index is 772. The van der Waals surface area contributed by atoms with Crippen molar-refractivity contribution in [3.63, 3.8) is 0 Å². The summed E-state index contributed by atoms with van der Waals surface area (Å²) in [6.07, 6.45) is 1.54. The van der Waals surface area contributed by atoms with Crippen LogP contribution in [0.4, 0.5) is 0 Å². The number of benzene rings is 2. The van der Waals surface area contributed by atoms with Crippen molar-refractivity contribution in [1.82, 2.24) is 9.97 Å². The Morgan fingerprint density at radius 3 is 2.90 bits per heavy atom. The first kappa shape index (κ1) is 13.1. The highest BCUT2D eigenvalue weighted by Crippen LogP contribution is 2.21. The first-order chi connectivity index (χ1) is 10.3. The van der Waals surface area contributed by atoms with E-state index in [1.807, 2.05) is 36.4 Å². The average Bonchev–Trinajstić information content (AvgIpc) is 2.97. The number of para-hydroxylation sites is 2. The van der Waals surface area contributed by atoms with Gasteiger partial charge in [-0.05, 0) is 24.3 Å². The number of nitrogens with one attached hydrogen (secondary N) is 1. The summed E-state index contributed by atoms with van der Waals surface area (Å²) in [5.41, 5.74) is 3.20. The molecule has 3 aromatic rings. The van der Waals surface area contributed by atoms with Gasteiger partial charge in [-0.15, -0.1) is 0 Å². The molecule has 0 aliphatic heterocycles. The Morgan fingerprint density at radius 1 is 1.24 bits per heavy atom. The highest BCUT2D eigenvalue weighted by molar-refractivity contribution is 5.91. The lowest BCUT2D eigenvalue weighted by molar-refractivity contribution is 0.0550. The molecule has 21 heavy (non-hydrogen) atoms. The fourth-order valence-electron chi connectivity index (χ4n) is 2.10. The number of ether oxygens (including phenoxy) is 1. The monoisotopic (exact) mass is 278 g/mol. The number of carbonyl (C=O) groups is 1. The van der Waals surface area contributed by atoms with E-state index in [0.29, 0.717) is 5.56 Å². The van der Waals surface area contributed by atoms with Crippen LogP contribution in [0.15, 0.2) is 61.2 Å². The van der Waals surface area contributed by atoms with Gasteiger partial charge in [-0.3, -0.25) is 0 Å². The van der Waals surface area contributed by atoms with Crippen LogP contribution in [0.3, 0.4) is 0 Å². The largest absolute Gasteiger partial charge is 0.458 e. The zero-order chi connectivity index (χ0) is 14.7. The molecule has 0 unspecified atom stereocenters. The molecule has 0 radical (unpaired) electrons. The van der Waals surface area contributed by atoms with Crippen molar-refractivity contribution in [3.8, 4) is 11.4 Å². The van der Waals surface area contributed by atoms with Gasteiger partial charge in [-0.1, -0.05) is 36.9 Å². The van der Waals surface area contributed by atoms with Crippen LogP contribution in [-0.4, -0.2) is 22.5 Å². The van der Waals surface area contributed by atoms with E-state index in [0.717, 1.165) is 22.4 Å². The van der Waals surface area contributed by atoms with Gasteiger partial charge in [0.25, 0.3) is 0 Å². The van der Waals surface area contributed by atoms with Crippen LogP contribution < -0.4 is 0 Å². The van der Waals surface area contributed by atoms with Crippen molar-refractivity contribution < 1.29 is 9.53 Å². The number of rotatable bonds is 4. The number of hydrogen-bond acceptors (Lipinski definition) is 3.